The molecule has 7 heteroatoms. The van der Waals surface area contributed by atoms with Crippen LogP contribution in [0.4, 0.5) is 0 Å². The van der Waals surface area contributed by atoms with Gasteiger partial charge in [-0.2, -0.15) is 0 Å². The van der Waals surface area contributed by atoms with Crippen LogP contribution in [-0.2, 0) is 18.9 Å². The van der Waals surface area contributed by atoms with Crippen molar-refractivity contribution in [2.75, 3.05) is 0 Å². The third-order valence-electron chi connectivity index (χ3n) is 3.83. The first-order valence-electron chi connectivity index (χ1n) is 8.25. The van der Waals surface area contributed by atoms with Crippen molar-refractivity contribution in [3.63, 3.8) is 0 Å². The Labute approximate surface area is 171 Å². The highest BCUT2D eigenvalue weighted by molar-refractivity contribution is 9.10. The zero-order valence-electron chi connectivity index (χ0n) is 14.6. The summed E-state index contributed by atoms with van der Waals surface area (Å²) in [6, 6.07) is 14.0. The van der Waals surface area contributed by atoms with Crippen molar-refractivity contribution >= 4 is 39.3 Å². The summed E-state index contributed by atoms with van der Waals surface area (Å²) >= 11 is 11.3. The summed E-state index contributed by atoms with van der Waals surface area (Å²) in [4.78, 5) is 0. The van der Waals surface area contributed by atoms with Gasteiger partial charge in [-0.05, 0) is 49.2 Å². The lowest BCUT2D eigenvalue weighted by molar-refractivity contribution is 0.288. The topological polar surface area (TPSA) is 39.9 Å². The summed E-state index contributed by atoms with van der Waals surface area (Å²) < 4.78 is 9.02. The molecule has 0 amide bonds. The van der Waals surface area contributed by atoms with Gasteiger partial charge in [0.05, 0.1) is 5.02 Å². The molecule has 0 aliphatic heterocycles. The molecule has 0 unspecified atom stereocenters. The minimum Gasteiger partial charge on any atom is -0.484 e. The molecule has 4 nitrogen and oxygen atoms in total. The molecule has 1 aromatic heterocycles. The van der Waals surface area contributed by atoms with Crippen molar-refractivity contribution in [1.82, 2.24) is 14.8 Å². The fraction of sp³-hybridized carbons (Fsp3) is 0.263. The second-order valence-corrected chi connectivity index (χ2v) is 8.05. The summed E-state index contributed by atoms with van der Waals surface area (Å²) in [7, 11) is 0. The standard InChI is InChI=1S/C19H19BrClN3OS/c1-3-24-18(11-25-17-10-13(2)4-9-16(17)21)22-23-19(24)26-12-14-5-7-15(20)8-6-14/h4-10H,3,11-12H2,1-2H3. The van der Waals surface area contributed by atoms with Gasteiger partial charge in [0.2, 0.25) is 0 Å². The van der Waals surface area contributed by atoms with Crippen molar-refractivity contribution in [2.45, 2.75) is 37.9 Å². The van der Waals surface area contributed by atoms with E-state index in [0.717, 1.165) is 33.3 Å². The van der Waals surface area contributed by atoms with Crippen LogP contribution in [0, 0.1) is 6.92 Å². The van der Waals surface area contributed by atoms with Gasteiger partial charge in [0.15, 0.2) is 11.0 Å². The van der Waals surface area contributed by atoms with Crippen molar-refractivity contribution in [2.24, 2.45) is 0 Å². The molecule has 0 bridgehead atoms. The lowest BCUT2D eigenvalue weighted by atomic mass is 10.2. The Kier molecular flexibility index (Phi) is 6.62. The molecule has 0 N–H and O–H groups in total. The highest BCUT2D eigenvalue weighted by Crippen LogP contribution is 2.27. The van der Waals surface area contributed by atoms with Crippen LogP contribution in [0.25, 0.3) is 0 Å². The second kappa shape index (κ2) is 8.93. The Morgan fingerprint density at radius 3 is 2.65 bits per heavy atom. The van der Waals surface area contributed by atoms with E-state index >= 15 is 0 Å². The molecule has 0 radical (unpaired) electrons. The van der Waals surface area contributed by atoms with E-state index in [0.29, 0.717) is 17.4 Å². The molecular weight excluding hydrogens is 434 g/mol. The maximum absolute atomic E-state index is 6.19. The second-order valence-electron chi connectivity index (χ2n) is 5.78. The third kappa shape index (κ3) is 4.81. The van der Waals surface area contributed by atoms with E-state index in [1.165, 1.54) is 5.56 Å². The maximum atomic E-state index is 6.19. The predicted molar refractivity (Wildman–Crippen MR) is 110 cm³/mol. The maximum Gasteiger partial charge on any atom is 0.191 e. The third-order valence-corrected chi connectivity index (χ3v) is 5.71. The Morgan fingerprint density at radius 2 is 1.92 bits per heavy atom. The minimum absolute atomic E-state index is 0.336. The number of benzene rings is 2. The molecule has 0 saturated carbocycles. The van der Waals surface area contributed by atoms with Crippen LogP contribution < -0.4 is 4.74 Å². The normalized spacial score (nSPS) is 10.9. The summed E-state index contributed by atoms with van der Waals surface area (Å²) in [5.74, 6) is 2.31. The molecule has 1 heterocycles. The van der Waals surface area contributed by atoms with Crippen LogP contribution in [0.1, 0.15) is 23.9 Å². The van der Waals surface area contributed by atoms with E-state index in [1.54, 1.807) is 11.8 Å². The Balaban J connectivity index is 1.67. The Morgan fingerprint density at radius 1 is 1.15 bits per heavy atom. The van der Waals surface area contributed by atoms with E-state index in [2.05, 4.69) is 49.8 Å². The number of aryl methyl sites for hydroxylation is 1. The van der Waals surface area contributed by atoms with Gasteiger partial charge in [0.25, 0.3) is 0 Å². The van der Waals surface area contributed by atoms with Crippen LogP contribution in [-0.4, -0.2) is 14.8 Å². The zero-order valence-corrected chi connectivity index (χ0v) is 17.7. The van der Waals surface area contributed by atoms with Gasteiger partial charge in [0.1, 0.15) is 12.4 Å². The largest absolute Gasteiger partial charge is 0.484 e. The monoisotopic (exact) mass is 451 g/mol. The molecule has 2 aromatic carbocycles. The summed E-state index contributed by atoms with van der Waals surface area (Å²) in [6.45, 7) is 5.21. The van der Waals surface area contributed by atoms with E-state index in [1.807, 2.05) is 37.3 Å². The van der Waals surface area contributed by atoms with Gasteiger partial charge in [-0.25, -0.2) is 0 Å². The first kappa shape index (κ1) is 19.3. The SMILES string of the molecule is CCn1c(COc2cc(C)ccc2Cl)nnc1SCc1ccc(Br)cc1. The molecule has 0 aliphatic carbocycles. The zero-order chi connectivity index (χ0) is 18.5. The number of hydrogen-bond acceptors (Lipinski definition) is 4. The summed E-state index contributed by atoms with van der Waals surface area (Å²) in [5, 5.41) is 10.1. The number of rotatable bonds is 7. The molecule has 0 fully saturated rings. The highest BCUT2D eigenvalue weighted by atomic mass is 79.9. The van der Waals surface area contributed by atoms with Crippen molar-refractivity contribution in [3.05, 3.63) is 68.9 Å². The van der Waals surface area contributed by atoms with Gasteiger partial charge in [0, 0.05) is 16.8 Å². The van der Waals surface area contributed by atoms with Gasteiger partial charge in [-0.3, -0.25) is 0 Å². The molecular formula is C19H19BrClN3OS. The molecule has 0 spiro atoms. The number of nitrogens with zero attached hydrogens (tertiary/aromatic N) is 3. The summed E-state index contributed by atoms with van der Waals surface area (Å²) in [5.41, 5.74) is 2.35. The fourth-order valence-electron chi connectivity index (χ4n) is 2.44. The lowest BCUT2D eigenvalue weighted by Crippen LogP contribution is -2.07. The molecule has 3 aromatic rings. The number of hydrogen-bond donors (Lipinski definition) is 0. The van der Waals surface area contributed by atoms with E-state index < -0.39 is 0 Å². The van der Waals surface area contributed by atoms with Crippen molar-refractivity contribution in [3.8, 4) is 5.75 Å². The van der Waals surface area contributed by atoms with E-state index in [4.69, 9.17) is 16.3 Å². The van der Waals surface area contributed by atoms with Crippen molar-refractivity contribution in [1.29, 1.82) is 0 Å². The smallest absolute Gasteiger partial charge is 0.191 e. The fourth-order valence-corrected chi connectivity index (χ4v) is 3.86. The quantitative estimate of drug-likeness (QED) is 0.419. The molecule has 26 heavy (non-hydrogen) atoms. The molecule has 0 aliphatic rings. The first-order valence-corrected chi connectivity index (χ1v) is 10.4. The van der Waals surface area contributed by atoms with E-state index in [-0.39, 0.29) is 0 Å². The van der Waals surface area contributed by atoms with Crippen LogP contribution >= 0.6 is 39.3 Å². The van der Waals surface area contributed by atoms with Crippen LogP contribution in [0.5, 0.6) is 5.75 Å². The number of ether oxygens (including phenoxy) is 1. The van der Waals surface area contributed by atoms with Gasteiger partial charge in [-0.1, -0.05) is 57.5 Å². The average molecular weight is 453 g/mol. The molecule has 136 valence electrons. The Hall–Kier alpha value is -1.50. The minimum atomic E-state index is 0.336. The van der Waals surface area contributed by atoms with Crippen molar-refractivity contribution < 1.29 is 4.74 Å². The van der Waals surface area contributed by atoms with Gasteiger partial charge >= 0.3 is 0 Å². The average Bonchev–Trinajstić information content (AvgIpc) is 3.04. The molecule has 3 rings (SSSR count). The highest BCUT2D eigenvalue weighted by Gasteiger charge is 2.13. The molecule has 0 saturated heterocycles. The van der Waals surface area contributed by atoms with Crippen LogP contribution in [0.2, 0.25) is 5.02 Å². The lowest BCUT2D eigenvalue weighted by Gasteiger charge is -2.10. The number of thioether (sulfide) groups is 1. The molecule has 0 atom stereocenters. The number of halogens is 2. The van der Waals surface area contributed by atoms with Crippen LogP contribution in [0.3, 0.4) is 0 Å². The predicted octanol–water partition coefficient (Wildman–Crippen LogP) is 5.89. The number of aromatic nitrogens is 3. The Bertz CT molecular complexity index is 883. The van der Waals surface area contributed by atoms with Crippen LogP contribution in [0.15, 0.2) is 52.1 Å². The first-order chi connectivity index (χ1) is 12.6. The van der Waals surface area contributed by atoms with E-state index in [9.17, 15) is 0 Å². The van der Waals surface area contributed by atoms with Gasteiger partial charge in [-0.15, -0.1) is 10.2 Å². The summed E-state index contributed by atoms with van der Waals surface area (Å²) in [6.07, 6.45) is 0. The van der Waals surface area contributed by atoms with Gasteiger partial charge < -0.3 is 9.30 Å².